The monoisotopic (exact) mass is 276 g/mol. The van der Waals surface area contributed by atoms with Crippen molar-refractivity contribution in [2.45, 2.75) is 10.1 Å². The van der Waals surface area contributed by atoms with Crippen LogP contribution < -0.4 is 11.3 Å². The standard InChI is InChI=1S/C10H8N6S2/c11-16-10-14-8-6(2-4-17-8)9(15-10)18-7-1-3-12-5-13-7/h1-5H,11H2,(H,14,15,16). The molecule has 0 saturated heterocycles. The zero-order chi connectivity index (χ0) is 12.4. The Bertz CT molecular complexity index is 668. The van der Waals surface area contributed by atoms with Crippen LogP contribution in [0.15, 0.2) is 40.1 Å². The zero-order valence-electron chi connectivity index (χ0n) is 9.07. The molecule has 3 N–H and O–H groups in total. The number of nitrogen functional groups attached to an aromatic ring is 1. The van der Waals surface area contributed by atoms with E-state index in [1.165, 1.54) is 18.1 Å². The van der Waals surface area contributed by atoms with Crippen LogP contribution in [0.2, 0.25) is 0 Å². The first-order valence-electron chi connectivity index (χ1n) is 5.02. The average molecular weight is 276 g/mol. The topological polar surface area (TPSA) is 89.6 Å². The molecule has 8 heteroatoms. The van der Waals surface area contributed by atoms with E-state index in [-0.39, 0.29) is 0 Å². The molecule has 90 valence electrons. The van der Waals surface area contributed by atoms with Gasteiger partial charge in [-0.3, -0.25) is 5.43 Å². The summed E-state index contributed by atoms with van der Waals surface area (Å²) in [7, 11) is 0. The van der Waals surface area contributed by atoms with Crippen molar-refractivity contribution in [2.75, 3.05) is 5.43 Å². The van der Waals surface area contributed by atoms with Gasteiger partial charge < -0.3 is 0 Å². The van der Waals surface area contributed by atoms with Crippen molar-refractivity contribution in [3.05, 3.63) is 30.0 Å². The summed E-state index contributed by atoms with van der Waals surface area (Å²) in [5.74, 6) is 5.77. The molecule has 0 amide bonds. The highest BCUT2D eigenvalue weighted by molar-refractivity contribution is 7.99. The lowest BCUT2D eigenvalue weighted by Crippen LogP contribution is -2.10. The van der Waals surface area contributed by atoms with E-state index in [4.69, 9.17) is 5.84 Å². The van der Waals surface area contributed by atoms with E-state index < -0.39 is 0 Å². The van der Waals surface area contributed by atoms with Crippen LogP contribution in [0, 0.1) is 0 Å². The molecule has 18 heavy (non-hydrogen) atoms. The quantitative estimate of drug-likeness (QED) is 0.429. The first-order chi connectivity index (χ1) is 8.86. The Morgan fingerprint density at radius 3 is 3.00 bits per heavy atom. The maximum atomic E-state index is 5.37. The Labute approximate surface area is 111 Å². The largest absolute Gasteiger partial charge is 0.292 e. The van der Waals surface area contributed by atoms with Crippen molar-refractivity contribution in [3.8, 4) is 0 Å². The highest BCUT2D eigenvalue weighted by Gasteiger charge is 2.10. The average Bonchev–Trinajstić information content (AvgIpc) is 2.88. The minimum Gasteiger partial charge on any atom is -0.292 e. The third-order valence-electron chi connectivity index (χ3n) is 2.18. The first kappa shape index (κ1) is 11.3. The molecule has 0 aliphatic heterocycles. The van der Waals surface area contributed by atoms with Crippen LogP contribution in [-0.4, -0.2) is 19.9 Å². The third kappa shape index (κ3) is 2.13. The van der Waals surface area contributed by atoms with Gasteiger partial charge >= 0.3 is 0 Å². The molecule has 3 rings (SSSR count). The second-order valence-corrected chi connectivity index (χ2v) is 5.19. The van der Waals surface area contributed by atoms with Crippen LogP contribution in [0.25, 0.3) is 10.2 Å². The fourth-order valence-electron chi connectivity index (χ4n) is 1.41. The predicted octanol–water partition coefficient (Wildman–Crippen LogP) is 1.92. The Morgan fingerprint density at radius 2 is 2.22 bits per heavy atom. The van der Waals surface area contributed by atoms with E-state index in [2.05, 4.69) is 25.4 Å². The molecule has 3 aromatic rings. The summed E-state index contributed by atoms with van der Waals surface area (Å²) in [5, 5.41) is 4.64. The van der Waals surface area contributed by atoms with Crippen LogP contribution in [-0.2, 0) is 0 Å². The number of nitrogens with zero attached hydrogens (tertiary/aromatic N) is 4. The zero-order valence-corrected chi connectivity index (χ0v) is 10.7. The second-order valence-electron chi connectivity index (χ2n) is 3.29. The van der Waals surface area contributed by atoms with E-state index >= 15 is 0 Å². The number of hydrazine groups is 1. The van der Waals surface area contributed by atoms with Crippen LogP contribution in [0.5, 0.6) is 0 Å². The SMILES string of the molecule is NNc1nc(Sc2ccncn2)c2ccsc2n1. The Kier molecular flexibility index (Phi) is 3.05. The molecule has 3 aromatic heterocycles. The molecule has 0 spiro atoms. The molecule has 0 radical (unpaired) electrons. The maximum Gasteiger partial charge on any atom is 0.239 e. The summed E-state index contributed by atoms with van der Waals surface area (Å²) < 4.78 is 0. The van der Waals surface area contributed by atoms with Gasteiger partial charge in [-0.15, -0.1) is 11.3 Å². The highest BCUT2D eigenvalue weighted by atomic mass is 32.2. The lowest BCUT2D eigenvalue weighted by molar-refractivity contribution is 1.03. The number of thiophene rings is 1. The second kappa shape index (κ2) is 4.84. The smallest absolute Gasteiger partial charge is 0.239 e. The fourth-order valence-corrected chi connectivity index (χ4v) is 3.07. The lowest BCUT2D eigenvalue weighted by Gasteiger charge is -2.04. The molecule has 3 heterocycles. The lowest BCUT2D eigenvalue weighted by atomic mass is 10.4. The summed E-state index contributed by atoms with van der Waals surface area (Å²) in [6.45, 7) is 0. The van der Waals surface area contributed by atoms with E-state index in [1.54, 1.807) is 17.5 Å². The highest BCUT2D eigenvalue weighted by Crippen LogP contribution is 2.32. The van der Waals surface area contributed by atoms with Crippen LogP contribution in [0.1, 0.15) is 0 Å². The summed E-state index contributed by atoms with van der Waals surface area (Å²) in [4.78, 5) is 17.6. The number of rotatable bonds is 3. The molecular formula is C10H8N6S2. The first-order valence-corrected chi connectivity index (χ1v) is 6.72. The van der Waals surface area contributed by atoms with Gasteiger partial charge in [-0.05, 0) is 29.3 Å². The summed E-state index contributed by atoms with van der Waals surface area (Å²) in [5.41, 5.74) is 2.47. The van der Waals surface area contributed by atoms with Gasteiger partial charge in [0.05, 0.1) is 0 Å². The molecule has 0 unspecified atom stereocenters. The van der Waals surface area contributed by atoms with Crippen LogP contribution in [0.4, 0.5) is 5.95 Å². The molecule has 0 aromatic carbocycles. The number of fused-ring (bicyclic) bond motifs is 1. The van der Waals surface area contributed by atoms with Crippen molar-refractivity contribution in [2.24, 2.45) is 5.84 Å². The normalized spacial score (nSPS) is 10.7. The van der Waals surface area contributed by atoms with Gasteiger partial charge in [-0.1, -0.05) is 0 Å². The van der Waals surface area contributed by atoms with Crippen LogP contribution in [0.3, 0.4) is 0 Å². The van der Waals surface area contributed by atoms with Gasteiger partial charge in [0.1, 0.15) is 21.2 Å². The van der Waals surface area contributed by atoms with Gasteiger partial charge in [0.15, 0.2) is 0 Å². The molecule has 0 fully saturated rings. The van der Waals surface area contributed by atoms with Crippen molar-refractivity contribution < 1.29 is 0 Å². The number of anilines is 1. The molecule has 6 nitrogen and oxygen atoms in total. The van der Waals surface area contributed by atoms with Gasteiger partial charge in [-0.2, -0.15) is 0 Å². The van der Waals surface area contributed by atoms with Gasteiger partial charge in [0.2, 0.25) is 5.95 Å². The van der Waals surface area contributed by atoms with Crippen molar-refractivity contribution in [1.29, 1.82) is 0 Å². The molecule has 0 bridgehead atoms. The fraction of sp³-hybridized carbons (Fsp3) is 0. The van der Waals surface area contributed by atoms with E-state index in [0.29, 0.717) is 5.95 Å². The summed E-state index contributed by atoms with van der Waals surface area (Å²) >= 11 is 3.01. The number of nitrogens with one attached hydrogen (secondary N) is 1. The third-order valence-corrected chi connectivity index (χ3v) is 3.94. The van der Waals surface area contributed by atoms with E-state index in [9.17, 15) is 0 Å². The van der Waals surface area contributed by atoms with Crippen molar-refractivity contribution >= 4 is 39.3 Å². The van der Waals surface area contributed by atoms with Crippen LogP contribution >= 0.6 is 23.1 Å². The predicted molar refractivity (Wildman–Crippen MR) is 71.4 cm³/mol. The maximum absolute atomic E-state index is 5.37. The van der Waals surface area contributed by atoms with Gasteiger partial charge in [0.25, 0.3) is 0 Å². The Balaban J connectivity index is 2.07. The number of nitrogens with two attached hydrogens (primary N) is 1. The molecule has 0 saturated carbocycles. The molecule has 0 aliphatic rings. The van der Waals surface area contributed by atoms with Gasteiger partial charge in [-0.25, -0.2) is 25.8 Å². The molecule has 0 atom stereocenters. The van der Waals surface area contributed by atoms with E-state index in [1.807, 2.05) is 17.5 Å². The minimum absolute atomic E-state index is 0.404. The summed E-state index contributed by atoms with van der Waals surface area (Å²) in [6, 6.07) is 3.82. The van der Waals surface area contributed by atoms with Crippen molar-refractivity contribution in [1.82, 2.24) is 19.9 Å². The van der Waals surface area contributed by atoms with Crippen molar-refractivity contribution in [3.63, 3.8) is 0 Å². The van der Waals surface area contributed by atoms with E-state index in [0.717, 1.165) is 20.3 Å². The summed E-state index contributed by atoms with van der Waals surface area (Å²) in [6.07, 6.45) is 3.21. The number of aromatic nitrogens is 4. The number of hydrogen-bond donors (Lipinski definition) is 2. The molecular weight excluding hydrogens is 268 g/mol. The Hall–Kier alpha value is -1.77. The molecule has 0 aliphatic carbocycles. The Morgan fingerprint density at radius 1 is 1.28 bits per heavy atom. The minimum atomic E-state index is 0.404. The van der Waals surface area contributed by atoms with Gasteiger partial charge in [0, 0.05) is 11.6 Å². The number of hydrogen-bond acceptors (Lipinski definition) is 8.